The molecule has 0 saturated carbocycles. The van der Waals surface area contributed by atoms with E-state index >= 15 is 0 Å². The highest BCUT2D eigenvalue weighted by atomic mass is 16.5. The average molecular weight is 383 g/mol. The van der Waals surface area contributed by atoms with Gasteiger partial charge >= 0.3 is 0 Å². The molecule has 0 saturated heterocycles. The van der Waals surface area contributed by atoms with Crippen molar-refractivity contribution in [2.45, 2.75) is 45.7 Å². The molecule has 0 spiro atoms. The summed E-state index contributed by atoms with van der Waals surface area (Å²) in [6.07, 6.45) is 1.57. The van der Waals surface area contributed by atoms with Crippen LogP contribution in [0.15, 0.2) is 48.5 Å². The van der Waals surface area contributed by atoms with Crippen LogP contribution in [0.2, 0.25) is 0 Å². The Labute approximate surface area is 167 Å². The molecule has 0 unspecified atom stereocenters. The SMILES string of the molecule is CC[C@@H](C(=O)NC)N(Cc1cccc(OC)c1)C(=O)CCc1ccc(C)cc1. The summed E-state index contributed by atoms with van der Waals surface area (Å²) < 4.78 is 5.28. The van der Waals surface area contributed by atoms with Crippen LogP contribution in [0.25, 0.3) is 0 Å². The van der Waals surface area contributed by atoms with Crippen molar-refractivity contribution in [3.05, 3.63) is 65.2 Å². The average Bonchev–Trinajstić information content (AvgIpc) is 2.72. The molecule has 0 radical (unpaired) electrons. The van der Waals surface area contributed by atoms with Crippen molar-refractivity contribution in [3.8, 4) is 5.75 Å². The van der Waals surface area contributed by atoms with Crippen molar-refractivity contribution in [2.24, 2.45) is 0 Å². The van der Waals surface area contributed by atoms with E-state index in [2.05, 4.69) is 5.32 Å². The summed E-state index contributed by atoms with van der Waals surface area (Å²) >= 11 is 0. The number of methoxy groups -OCH3 is 1. The van der Waals surface area contributed by atoms with Crippen LogP contribution >= 0.6 is 0 Å². The van der Waals surface area contributed by atoms with E-state index in [1.807, 2.05) is 62.4 Å². The molecule has 5 heteroatoms. The van der Waals surface area contributed by atoms with Gasteiger partial charge in [0.15, 0.2) is 0 Å². The number of carbonyl (C=O) groups is 2. The zero-order chi connectivity index (χ0) is 20.5. The summed E-state index contributed by atoms with van der Waals surface area (Å²) in [6.45, 7) is 4.33. The third-order valence-electron chi connectivity index (χ3n) is 4.87. The summed E-state index contributed by atoms with van der Waals surface area (Å²) in [4.78, 5) is 27.1. The molecule has 2 rings (SSSR count). The molecule has 5 nitrogen and oxygen atoms in total. The van der Waals surface area contributed by atoms with E-state index in [1.54, 1.807) is 19.1 Å². The van der Waals surface area contributed by atoms with E-state index < -0.39 is 6.04 Å². The number of rotatable bonds is 9. The Balaban J connectivity index is 2.19. The number of nitrogens with one attached hydrogen (secondary N) is 1. The number of hydrogen-bond donors (Lipinski definition) is 1. The second-order valence-electron chi connectivity index (χ2n) is 6.90. The van der Waals surface area contributed by atoms with Crippen molar-refractivity contribution in [1.82, 2.24) is 10.2 Å². The van der Waals surface area contributed by atoms with Gasteiger partial charge in [0.05, 0.1) is 7.11 Å². The van der Waals surface area contributed by atoms with E-state index in [0.29, 0.717) is 25.8 Å². The van der Waals surface area contributed by atoms with Crippen LogP contribution < -0.4 is 10.1 Å². The van der Waals surface area contributed by atoms with Crippen LogP contribution in [0, 0.1) is 6.92 Å². The Kier molecular flexibility index (Phi) is 8.05. The maximum Gasteiger partial charge on any atom is 0.242 e. The van der Waals surface area contributed by atoms with Gasteiger partial charge in [-0.05, 0) is 43.0 Å². The zero-order valence-corrected chi connectivity index (χ0v) is 17.2. The number of hydrogen-bond acceptors (Lipinski definition) is 3. The Morgan fingerprint density at radius 2 is 1.82 bits per heavy atom. The van der Waals surface area contributed by atoms with Gasteiger partial charge in [-0.2, -0.15) is 0 Å². The van der Waals surface area contributed by atoms with Crippen LogP contribution in [0.5, 0.6) is 5.75 Å². The van der Waals surface area contributed by atoms with Gasteiger partial charge in [-0.25, -0.2) is 0 Å². The van der Waals surface area contributed by atoms with E-state index in [4.69, 9.17) is 4.74 Å². The highest BCUT2D eigenvalue weighted by Gasteiger charge is 2.27. The van der Waals surface area contributed by atoms with E-state index in [9.17, 15) is 9.59 Å². The standard InChI is InChI=1S/C23H30N2O3/c1-5-21(23(27)24-3)25(16-19-7-6-8-20(15-19)28-4)22(26)14-13-18-11-9-17(2)10-12-18/h6-12,15,21H,5,13-14,16H2,1-4H3,(H,24,27)/t21-/m0/s1. The number of benzene rings is 2. The molecule has 28 heavy (non-hydrogen) atoms. The second kappa shape index (κ2) is 10.5. The highest BCUT2D eigenvalue weighted by Crippen LogP contribution is 2.18. The van der Waals surface area contributed by atoms with E-state index in [0.717, 1.165) is 16.9 Å². The molecule has 1 N–H and O–H groups in total. The molecule has 0 bridgehead atoms. The third-order valence-corrected chi connectivity index (χ3v) is 4.87. The van der Waals surface area contributed by atoms with Gasteiger partial charge in [0.25, 0.3) is 0 Å². The molecule has 0 aromatic heterocycles. The van der Waals surface area contributed by atoms with Crippen molar-refractivity contribution in [2.75, 3.05) is 14.2 Å². The summed E-state index contributed by atoms with van der Waals surface area (Å²) in [5.41, 5.74) is 3.25. The number of nitrogens with zero attached hydrogens (tertiary/aromatic N) is 1. The molecular weight excluding hydrogens is 352 g/mol. The normalized spacial score (nSPS) is 11.6. The van der Waals surface area contributed by atoms with Gasteiger partial charge in [0.1, 0.15) is 11.8 Å². The van der Waals surface area contributed by atoms with Gasteiger partial charge in [-0.3, -0.25) is 9.59 Å². The molecule has 0 aliphatic carbocycles. The first-order valence-electron chi connectivity index (χ1n) is 9.68. The Hall–Kier alpha value is -2.82. The number of ether oxygens (including phenoxy) is 1. The van der Waals surface area contributed by atoms with Gasteiger partial charge in [-0.15, -0.1) is 0 Å². The van der Waals surface area contributed by atoms with Crippen molar-refractivity contribution in [1.29, 1.82) is 0 Å². The predicted molar refractivity (Wildman–Crippen MR) is 111 cm³/mol. The lowest BCUT2D eigenvalue weighted by Gasteiger charge is -2.30. The lowest BCUT2D eigenvalue weighted by Crippen LogP contribution is -2.48. The van der Waals surface area contributed by atoms with E-state index in [1.165, 1.54) is 5.56 Å². The molecule has 150 valence electrons. The Morgan fingerprint density at radius 1 is 1.11 bits per heavy atom. The van der Waals surface area contributed by atoms with Gasteiger partial charge in [0, 0.05) is 20.0 Å². The minimum absolute atomic E-state index is 0.0288. The lowest BCUT2D eigenvalue weighted by molar-refractivity contribution is -0.141. The van der Waals surface area contributed by atoms with Gasteiger partial charge in [0.2, 0.25) is 11.8 Å². The maximum absolute atomic E-state index is 13.1. The molecule has 0 aliphatic heterocycles. The fraction of sp³-hybridized carbons (Fsp3) is 0.391. The number of amides is 2. The van der Waals surface area contributed by atoms with E-state index in [-0.39, 0.29) is 11.8 Å². The molecule has 0 heterocycles. The van der Waals surface area contributed by atoms with Crippen LogP contribution in [0.4, 0.5) is 0 Å². The van der Waals surface area contributed by atoms with Crippen molar-refractivity contribution in [3.63, 3.8) is 0 Å². The number of likely N-dealkylation sites (N-methyl/N-ethyl adjacent to an activating group) is 1. The molecule has 2 aromatic carbocycles. The highest BCUT2D eigenvalue weighted by molar-refractivity contribution is 5.87. The fourth-order valence-corrected chi connectivity index (χ4v) is 3.20. The summed E-state index contributed by atoms with van der Waals surface area (Å²) in [5, 5.41) is 2.68. The van der Waals surface area contributed by atoms with Gasteiger partial charge in [-0.1, -0.05) is 48.9 Å². The molecule has 0 aliphatic rings. The summed E-state index contributed by atoms with van der Waals surface area (Å²) in [6, 6.07) is 15.3. The molecule has 2 amide bonds. The third kappa shape index (κ3) is 5.84. The minimum Gasteiger partial charge on any atom is -0.497 e. The monoisotopic (exact) mass is 382 g/mol. The Bertz CT molecular complexity index is 787. The predicted octanol–water partition coefficient (Wildman–Crippen LogP) is 3.49. The van der Waals surface area contributed by atoms with Crippen LogP contribution in [0.1, 0.15) is 36.5 Å². The van der Waals surface area contributed by atoms with Crippen LogP contribution in [0.3, 0.4) is 0 Å². The maximum atomic E-state index is 13.1. The van der Waals surface area contributed by atoms with Crippen molar-refractivity contribution >= 4 is 11.8 Å². The first kappa shape index (κ1) is 21.5. The molecule has 0 fully saturated rings. The van der Waals surface area contributed by atoms with Crippen LogP contribution in [-0.2, 0) is 22.6 Å². The zero-order valence-electron chi connectivity index (χ0n) is 17.2. The smallest absolute Gasteiger partial charge is 0.242 e. The molecule has 2 aromatic rings. The van der Waals surface area contributed by atoms with Crippen molar-refractivity contribution < 1.29 is 14.3 Å². The number of aryl methyl sites for hydroxylation is 2. The molecule has 1 atom stereocenters. The largest absolute Gasteiger partial charge is 0.497 e. The number of carbonyl (C=O) groups excluding carboxylic acids is 2. The topological polar surface area (TPSA) is 58.6 Å². The quantitative estimate of drug-likeness (QED) is 0.722. The first-order valence-corrected chi connectivity index (χ1v) is 9.68. The fourth-order valence-electron chi connectivity index (χ4n) is 3.20. The lowest BCUT2D eigenvalue weighted by atomic mass is 10.1. The summed E-state index contributed by atoms with van der Waals surface area (Å²) in [5.74, 6) is 0.561. The summed E-state index contributed by atoms with van der Waals surface area (Å²) in [7, 11) is 3.22. The Morgan fingerprint density at radius 3 is 2.43 bits per heavy atom. The second-order valence-corrected chi connectivity index (χ2v) is 6.90. The van der Waals surface area contributed by atoms with Crippen LogP contribution in [-0.4, -0.2) is 36.9 Å². The first-order chi connectivity index (χ1) is 13.5. The van der Waals surface area contributed by atoms with Gasteiger partial charge < -0.3 is 15.0 Å². The minimum atomic E-state index is -0.498. The molecular formula is C23H30N2O3.